The number of aryl methyl sites for hydroxylation is 1. The Bertz CT molecular complexity index is 569. The van der Waals surface area contributed by atoms with E-state index in [1.807, 2.05) is 37.3 Å². The van der Waals surface area contributed by atoms with Crippen LogP contribution in [0.2, 0.25) is 0 Å². The lowest BCUT2D eigenvalue weighted by atomic mass is 10.1. The van der Waals surface area contributed by atoms with Gasteiger partial charge in [-0.1, -0.05) is 11.6 Å². The Hall–Kier alpha value is -1.68. The van der Waals surface area contributed by atoms with Crippen molar-refractivity contribution in [2.24, 2.45) is 0 Å². The quantitative estimate of drug-likeness (QED) is 0.851. The summed E-state index contributed by atoms with van der Waals surface area (Å²) in [5, 5.41) is 0. The topological polar surface area (TPSA) is 33.2 Å². The summed E-state index contributed by atoms with van der Waals surface area (Å²) in [4.78, 5) is 18.0. The maximum Gasteiger partial charge on any atom is 0.259 e. The van der Waals surface area contributed by atoms with Crippen LogP contribution < -0.4 is 4.90 Å². The molecule has 4 heteroatoms. The second kappa shape index (κ2) is 5.31. The third-order valence-corrected chi connectivity index (χ3v) is 3.40. The first-order valence-electron chi connectivity index (χ1n) is 5.54. The SMILES string of the molecule is Cc1ccc(Br)c(C(=O)N(C)c2ccncc2)c1. The number of halogens is 1. The number of benzene rings is 1. The number of nitrogens with zero attached hydrogens (tertiary/aromatic N) is 2. The molecule has 0 bridgehead atoms. The van der Waals surface area contributed by atoms with Crippen LogP contribution in [0.5, 0.6) is 0 Å². The van der Waals surface area contributed by atoms with Crippen molar-refractivity contribution in [2.75, 3.05) is 11.9 Å². The standard InChI is InChI=1S/C14H13BrN2O/c1-10-3-4-13(15)12(9-10)14(18)17(2)11-5-7-16-8-6-11/h3-9H,1-2H3. The molecule has 2 aromatic rings. The number of aromatic nitrogens is 1. The molecule has 0 aliphatic carbocycles. The average Bonchev–Trinajstić information content (AvgIpc) is 2.41. The van der Waals surface area contributed by atoms with Crippen LogP contribution in [0.1, 0.15) is 15.9 Å². The molecular formula is C14H13BrN2O. The summed E-state index contributed by atoms with van der Waals surface area (Å²) in [6.07, 6.45) is 3.34. The van der Waals surface area contributed by atoms with Crippen molar-refractivity contribution in [3.05, 3.63) is 58.3 Å². The number of amides is 1. The van der Waals surface area contributed by atoms with Crippen molar-refractivity contribution in [2.45, 2.75) is 6.92 Å². The summed E-state index contributed by atoms with van der Waals surface area (Å²) in [6.45, 7) is 1.97. The van der Waals surface area contributed by atoms with Crippen LogP contribution >= 0.6 is 15.9 Å². The summed E-state index contributed by atoms with van der Waals surface area (Å²) in [5.74, 6) is -0.0447. The van der Waals surface area contributed by atoms with Gasteiger partial charge in [-0.25, -0.2) is 0 Å². The van der Waals surface area contributed by atoms with Gasteiger partial charge in [-0.15, -0.1) is 0 Å². The fourth-order valence-corrected chi connectivity index (χ4v) is 2.08. The Morgan fingerprint density at radius 2 is 1.89 bits per heavy atom. The van der Waals surface area contributed by atoms with Gasteiger partial charge in [-0.2, -0.15) is 0 Å². The molecule has 0 N–H and O–H groups in total. The molecule has 1 aromatic carbocycles. The monoisotopic (exact) mass is 304 g/mol. The largest absolute Gasteiger partial charge is 0.311 e. The van der Waals surface area contributed by atoms with Gasteiger partial charge in [0.2, 0.25) is 0 Å². The molecule has 0 aliphatic rings. The minimum atomic E-state index is -0.0447. The Kier molecular flexibility index (Phi) is 3.77. The van der Waals surface area contributed by atoms with Crippen molar-refractivity contribution < 1.29 is 4.79 Å². The van der Waals surface area contributed by atoms with E-state index < -0.39 is 0 Å². The predicted molar refractivity (Wildman–Crippen MR) is 75.8 cm³/mol. The summed E-state index contributed by atoms with van der Waals surface area (Å²) < 4.78 is 0.805. The molecule has 0 fully saturated rings. The van der Waals surface area contributed by atoms with Crippen LogP contribution in [0, 0.1) is 6.92 Å². The van der Waals surface area contributed by atoms with E-state index in [1.165, 1.54) is 0 Å². The van der Waals surface area contributed by atoms with E-state index in [0.717, 1.165) is 15.7 Å². The molecule has 2 rings (SSSR count). The van der Waals surface area contributed by atoms with Crippen molar-refractivity contribution in [1.82, 2.24) is 4.98 Å². The lowest BCUT2D eigenvalue weighted by molar-refractivity contribution is 0.0992. The van der Waals surface area contributed by atoms with Gasteiger partial charge in [-0.05, 0) is 47.1 Å². The number of hydrogen-bond donors (Lipinski definition) is 0. The van der Waals surface area contributed by atoms with Crippen LogP contribution in [0.25, 0.3) is 0 Å². The second-order valence-electron chi connectivity index (χ2n) is 4.05. The number of rotatable bonds is 2. The van der Waals surface area contributed by atoms with Crippen molar-refractivity contribution >= 4 is 27.5 Å². The number of carbonyl (C=O) groups excluding carboxylic acids is 1. The van der Waals surface area contributed by atoms with Crippen molar-refractivity contribution in [3.63, 3.8) is 0 Å². The molecule has 92 valence electrons. The molecular weight excluding hydrogens is 292 g/mol. The first-order valence-corrected chi connectivity index (χ1v) is 6.33. The Morgan fingerprint density at radius 1 is 1.22 bits per heavy atom. The highest BCUT2D eigenvalue weighted by Gasteiger charge is 2.16. The zero-order chi connectivity index (χ0) is 13.1. The minimum Gasteiger partial charge on any atom is -0.311 e. The molecule has 0 aliphatic heterocycles. The van der Waals surface area contributed by atoms with Gasteiger partial charge in [0.25, 0.3) is 5.91 Å². The molecule has 1 amide bonds. The summed E-state index contributed by atoms with van der Waals surface area (Å²) in [7, 11) is 1.76. The highest BCUT2D eigenvalue weighted by atomic mass is 79.9. The Morgan fingerprint density at radius 3 is 2.56 bits per heavy atom. The Labute approximate surface area is 115 Å². The number of pyridine rings is 1. The van der Waals surface area contributed by atoms with E-state index in [4.69, 9.17) is 0 Å². The zero-order valence-corrected chi connectivity index (χ0v) is 11.8. The summed E-state index contributed by atoms with van der Waals surface area (Å²) >= 11 is 3.41. The van der Waals surface area contributed by atoms with E-state index in [0.29, 0.717) is 5.56 Å². The first kappa shape index (κ1) is 12.8. The van der Waals surface area contributed by atoms with E-state index in [-0.39, 0.29) is 5.91 Å². The van der Waals surface area contributed by atoms with Gasteiger partial charge >= 0.3 is 0 Å². The van der Waals surface area contributed by atoms with Gasteiger partial charge < -0.3 is 4.90 Å². The highest BCUT2D eigenvalue weighted by molar-refractivity contribution is 9.10. The molecule has 18 heavy (non-hydrogen) atoms. The molecule has 0 atom stereocenters. The number of hydrogen-bond acceptors (Lipinski definition) is 2. The van der Waals surface area contributed by atoms with Gasteiger partial charge in [0.15, 0.2) is 0 Å². The maximum absolute atomic E-state index is 12.4. The lowest BCUT2D eigenvalue weighted by Crippen LogP contribution is -2.26. The number of anilines is 1. The molecule has 0 unspecified atom stereocenters. The third kappa shape index (κ3) is 2.59. The van der Waals surface area contributed by atoms with Gasteiger partial charge in [0, 0.05) is 29.6 Å². The molecule has 1 aromatic heterocycles. The van der Waals surface area contributed by atoms with E-state index in [1.54, 1.807) is 24.3 Å². The normalized spacial score (nSPS) is 10.2. The minimum absolute atomic E-state index is 0.0447. The highest BCUT2D eigenvalue weighted by Crippen LogP contribution is 2.22. The predicted octanol–water partition coefficient (Wildman–Crippen LogP) is 3.43. The van der Waals surface area contributed by atoms with Crippen molar-refractivity contribution in [1.29, 1.82) is 0 Å². The van der Waals surface area contributed by atoms with Crippen LogP contribution in [-0.2, 0) is 0 Å². The van der Waals surface area contributed by atoms with Gasteiger partial charge in [0.05, 0.1) is 5.56 Å². The zero-order valence-electron chi connectivity index (χ0n) is 10.2. The second-order valence-corrected chi connectivity index (χ2v) is 4.91. The summed E-state index contributed by atoms with van der Waals surface area (Å²) in [5.41, 5.74) is 2.54. The summed E-state index contributed by atoms with van der Waals surface area (Å²) in [6, 6.07) is 9.35. The van der Waals surface area contributed by atoms with E-state index in [9.17, 15) is 4.79 Å². The van der Waals surface area contributed by atoms with Gasteiger partial charge in [0.1, 0.15) is 0 Å². The van der Waals surface area contributed by atoms with E-state index >= 15 is 0 Å². The fraction of sp³-hybridized carbons (Fsp3) is 0.143. The Balaban J connectivity index is 2.34. The smallest absolute Gasteiger partial charge is 0.259 e. The number of carbonyl (C=O) groups is 1. The van der Waals surface area contributed by atoms with Crippen LogP contribution in [0.15, 0.2) is 47.2 Å². The third-order valence-electron chi connectivity index (χ3n) is 2.71. The average molecular weight is 305 g/mol. The molecule has 1 heterocycles. The van der Waals surface area contributed by atoms with Crippen LogP contribution in [-0.4, -0.2) is 17.9 Å². The lowest BCUT2D eigenvalue weighted by Gasteiger charge is -2.18. The van der Waals surface area contributed by atoms with Crippen molar-refractivity contribution in [3.8, 4) is 0 Å². The first-order chi connectivity index (χ1) is 8.59. The van der Waals surface area contributed by atoms with Crippen LogP contribution in [0.4, 0.5) is 5.69 Å². The molecule has 3 nitrogen and oxygen atoms in total. The molecule has 0 saturated carbocycles. The van der Waals surface area contributed by atoms with E-state index in [2.05, 4.69) is 20.9 Å². The van der Waals surface area contributed by atoms with Crippen LogP contribution in [0.3, 0.4) is 0 Å². The molecule has 0 saturated heterocycles. The molecule has 0 radical (unpaired) electrons. The maximum atomic E-state index is 12.4. The molecule has 0 spiro atoms. The van der Waals surface area contributed by atoms with Gasteiger partial charge in [-0.3, -0.25) is 9.78 Å². The fourth-order valence-electron chi connectivity index (χ4n) is 1.67.